The van der Waals surface area contributed by atoms with Crippen LogP contribution in [0.2, 0.25) is 0 Å². The van der Waals surface area contributed by atoms with Gasteiger partial charge in [0.05, 0.1) is 17.6 Å². The highest BCUT2D eigenvalue weighted by atomic mass is 15.3. The Labute approximate surface area is 128 Å². The fourth-order valence-electron chi connectivity index (χ4n) is 3.69. The Balaban J connectivity index is 1.57. The van der Waals surface area contributed by atoms with Gasteiger partial charge in [-0.1, -0.05) is 12.1 Å². The minimum atomic E-state index is 0.593. The summed E-state index contributed by atoms with van der Waals surface area (Å²) < 4.78 is 2.09. The molecule has 22 heavy (non-hydrogen) atoms. The van der Waals surface area contributed by atoms with E-state index in [1.54, 1.807) is 0 Å². The standard InChI is InChI=1S/C17H17N5/c1-2-7-21-15(10-19-16(21)5-1)14-4-3-6-17(20-14)22-11-12-8-13(22)9-18-12/h1-7,10,12-13,18H,8-9,11H2/t12-,13-/m1/s1. The molecule has 2 aliphatic rings. The highest BCUT2D eigenvalue weighted by molar-refractivity contribution is 5.62. The molecule has 5 rings (SSSR count). The fraction of sp³-hybridized carbons (Fsp3) is 0.294. The van der Waals surface area contributed by atoms with E-state index >= 15 is 0 Å². The molecule has 5 nitrogen and oxygen atoms in total. The molecule has 3 aromatic heterocycles. The molecule has 2 fully saturated rings. The largest absolute Gasteiger partial charge is 0.351 e. The first kappa shape index (κ1) is 12.2. The Morgan fingerprint density at radius 1 is 1.14 bits per heavy atom. The quantitative estimate of drug-likeness (QED) is 0.784. The number of piperazine rings is 1. The van der Waals surface area contributed by atoms with Crippen molar-refractivity contribution in [2.24, 2.45) is 0 Å². The average Bonchev–Trinajstić information content (AvgIpc) is 3.29. The van der Waals surface area contributed by atoms with Crippen LogP contribution in [0.4, 0.5) is 5.82 Å². The number of hydrogen-bond acceptors (Lipinski definition) is 4. The zero-order valence-corrected chi connectivity index (χ0v) is 12.2. The molecule has 0 amide bonds. The van der Waals surface area contributed by atoms with Crippen molar-refractivity contribution < 1.29 is 0 Å². The van der Waals surface area contributed by atoms with Crippen molar-refractivity contribution in [3.05, 3.63) is 48.8 Å². The Morgan fingerprint density at radius 3 is 3.00 bits per heavy atom. The van der Waals surface area contributed by atoms with E-state index in [4.69, 9.17) is 4.98 Å². The minimum Gasteiger partial charge on any atom is -0.351 e. The molecule has 0 saturated carbocycles. The Morgan fingerprint density at radius 2 is 2.14 bits per heavy atom. The third-order valence-electron chi connectivity index (χ3n) is 4.76. The molecule has 5 heteroatoms. The Bertz CT molecular complexity index is 840. The van der Waals surface area contributed by atoms with Gasteiger partial charge in [-0.05, 0) is 30.7 Å². The molecule has 2 aliphatic heterocycles. The van der Waals surface area contributed by atoms with Crippen molar-refractivity contribution in [1.82, 2.24) is 19.7 Å². The summed E-state index contributed by atoms with van der Waals surface area (Å²) in [5.74, 6) is 1.08. The van der Waals surface area contributed by atoms with E-state index in [0.29, 0.717) is 12.1 Å². The number of hydrogen-bond donors (Lipinski definition) is 1. The lowest BCUT2D eigenvalue weighted by Crippen LogP contribution is -2.44. The zero-order valence-electron chi connectivity index (χ0n) is 12.2. The second-order valence-corrected chi connectivity index (χ2v) is 6.10. The maximum atomic E-state index is 4.90. The van der Waals surface area contributed by atoms with E-state index in [1.165, 1.54) is 6.42 Å². The van der Waals surface area contributed by atoms with E-state index in [0.717, 1.165) is 35.9 Å². The van der Waals surface area contributed by atoms with Gasteiger partial charge in [0.1, 0.15) is 11.5 Å². The molecule has 0 aliphatic carbocycles. The van der Waals surface area contributed by atoms with Crippen LogP contribution in [0.1, 0.15) is 6.42 Å². The SMILES string of the molecule is c1cc(-c2cnc3ccccn23)nc(N2C[C@H]3C[C@@H]2CN3)c1. The molecule has 3 aromatic rings. The van der Waals surface area contributed by atoms with E-state index in [1.807, 2.05) is 30.6 Å². The first-order valence-electron chi connectivity index (χ1n) is 7.78. The molecule has 2 atom stereocenters. The molecule has 0 unspecified atom stereocenters. The fourth-order valence-corrected chi connectivity index (χ4v) is 3.69. The highest BCUT2D eigenvalue weighted by Crippen LogP contribution is 2.29. The molecule has 1 N–H and O–H groups in total. The summed E-state index contributed by atoms with van der Waals surface area (Å²) in [6.45, 7) is 2.14. The number of anilines is 1. The van der Waals surface area contributed by atoms with E-state index in [2.05, 4.69) is 37.8 Å². The van der Waals surface area contributed by atoms with E-state index < -0.39 is 0 Å². The zero-order chi connectivity index (χ0) is 14.5. The number of aromatic nitrogens is 3. The number of rotatable bonds is 2. The van der Waals surface area contributed by atoms with Gasteiger partial charge in [0.25, 0.3) is 0 Å². The first-order valence-corrected chi connectivity index (χ1v) is 7.78. The van der Waals surface area contributed by atoms with Crippen molar-refractivity contribution >= 4 is 11.5 Å². The van der Waals surface area contributed by atoms with Crippen LogP contribution < -0.4 is 10.2 Å². The molecular formula is C17H17N5. The third-order valence-corrected chi connectivity index (χ3v) is 4.76. The van der Waals surface area contributed by atoms with Crippen molar-refractivity contribution in [1.29, 1.82) is 0 Å². The Hall–Kier alpha value is -2.40. The lowest BCUT2D eigenvalue weighted by molar-refractivity contribution is 0.576. The first-order chi connectivity index (χ1) is 10.9. The summed E-state index contributed by atoms with van der Waals surface area (Å²) in [4.78, 5) is 11.8. The second kappa shape index (κ2) is 4.55. The van der Waals surface area contributed by atoms with Crippen LogP contribution in [0, 0.1) is 0 Å². The lowest BCUT2D eigenvalue weighted by Gasteiger charge is -2.28. The van der Waals surface area contributed by atoms with Gasteiger partial charge in [0.15, 0.2) is 0 Å². The molecular weight excluding hydrogens is 274 g/mol. The van der Waals surface area contributed by atoms with Gasteiger partial charge in [0.2, 0.25) is 0 Å². The smallest absolute Gasteiger partial charge is 0.137 e. The lowest BCUT2D eigenvalue weighted by atomic mass is 10.2. The number of nitrogens with one attached hydrogen (secondary N) is 1. The van der Waals surface area contributed by atoms with Gasteiger partial charge < -0.3 is 10.2 Å². The summed E-state index contributed by atoms with van der Waals surface area (Å²) in [5.41, 5.74) is 2.97. The summed E-state index contributed by atoms with van der Waals surface area (Å²) in [5, 5.41) is 3.54. The van der Waals surface area contributed by atoms with Crippen LogP contribution >= 0.6 is 0 Å². The number of fused-ring (bicyclic) bond motifs is 3. The number of imidazole rings is 1. The van der Waals surface area contributed by atoms with Gasteiger partial charge >= 0.3 is 0 Å². The van der Waals surface area contributed by atoms with Crippen LogP contribution in [-0.4, -0.2) is 39.5 Å². The molecule has 110 valence electrons. The summed E-state index contributed by atoms with van der Waals surface area (Å²) in [6, 6.07) is 13.5. The molecule has 0 aromatic carbocycles. The van der Waals surface area contributed by atoms with Crippen molar-refractivity contribution in [2.45, 2.75) is 18.5 Å². The van der Waals surface area contributed by atoms with Crippen LogP contribution in [0.15, 0.2) is 48.8 Å². The third kappa shape index (κ3) is 1.75. The highest BCUT2D eigenvalue weighted by Gasteiger charge is 2.38. The van der Waals surface area contributed by atoms with Crippen LogP contribution in [0.3, 0.4) is 0 Å². The topological polar surface area (TPSA) is 45.5 Å². The monoisotopic (exact) mass is 291 g/mol. The summed E-state index contributed by atoms with van der Waals surface area (Å²) in [7, 11) is 0. The van der Waals surface area contributed by atoms with Gasteiger partial charge in [-0.2, -0.15) is 0 Å². The molecule has 0 spiro atoms. The van der Waals surface area contributed by atoms with Gasteiger partial charge in [-0.15, -0.1) is 0 Å². The van der Waals surface area contributed by atoms with Gasteiger partial charge in [0, 0.05) is 31.4 Å². The number of nitrogens with zero attached hydrogens (tertiary/aromatic N) is 4. The maximum Gasteiger partial charge on any atom is 0.137 e. The average molecular weight is 291 g/mol. The summed E-state index contributed by atoms with van der Waals surface area (Å²) >= 11 is 0. The predicted molar refractivity (Wildman–Crippen MR) is 86.0 cm³/mol. The van der Waals surface area contributed by atoms with Crippen molar-refractivity contribution in [3.8, 4) is 11.4 Å². The van der Waals surface area contributed by atoms with E-state index in [-0.39, 0.29) is 0 Å². The summed E-state index contributed by atoms with van der Waals surface area (Å²) in [6.07, 6.45) is 5.18. The second-order valence-electron chi connectivity index (χ2n) is 6.10. The molecule has 2 bridgehead atoms. The van der Waals surface area contributed by atoms with Crippen LogP contribution in [-0.2, 0) is 0 Å². The maximum absolute atomic E-state index is 4.90. The van der Waals surface area contributed by atoms with Crippen LogP contribution in [0.5, 0.6) is 0 Å². The molecule has 2 saturated heterocycles. The Kier molecular flexibility index (Phi) is 2.52. The van der Waals surface area contributed by atoms with Gasteiger partial charge in [-0.25, -0.2) is 9.97 Å². The van der Waals surface area contributed by atoms with Crippen molar-refractivity contribution in [2.75, 3.05) is 18.0 Å². The van der Waals surface area contributed by atoms with Crippen LogP contribution in [0.25, 0.3) is 17.0 Å². The minimum absolute atomic E-state index is 0.593. The normalized spacial score (nSPS) is 23.5. The molecule has 5 heterocycles. The van der Waals surface area contributed by atoms with Gasteiger partial charge in [-0.3, -0.25) is 4.40 Å². The van der Waals surface area contributed by atoms with E-state index in [9.17, 15) is 0 Å². The number of pyridine rings is 2. The predicted octanol–water partition coefficient (Wildman–Crippen LogP) is 1.95. The van der Waals surface area contributed by atoms with Crippen molar-refractivity contribution in [3.63, 3.8) is 0 Å². The molecule has 0 radical (unpaired) electrons.